The van der Waals surface area contributed by atoms with Gasteiger partial charge >= 0.3 is 0 Å². The van der Waals surface area contributed by atoms with E-state index in [-0.39, 0.29) is 0 Å². The molecule has 17 heavy (non-hydrogen) atoms. The summed E-state index contributed by atoms with van der Waals surface area (Å²) < 4.78 is 1.15. The highest BCUT2D eigenvalue weighted by atomic mass is 127. The molecule has 3 heteroatoms. The predicted molar refractivity (Wildman–Crippen MR) is 82.8 cm³/mol. The van der Waals surface area contributed by atoms with E-state index in [9.17, 15) is 0 Å². The minimum Gasteiger partial charge on any atom is -0.397 e. The molecule has 0 spiro atoms. The van der Waals surface area contributed by atoms with Crippen LogP contribution in [0, 0.1) is 10.5 Å². The number of nitrogens with zero attached hydrogens (tertiary/aromatic N) is 1. The van der Waals surface area contributed by atoms with E-state index in [2.05, 4.69) is 70.8 Å². The Morgan fingerprint density at radius 3 is 2.53 bits per heavy atom. The highest BCUT2D eigenvalue weighted by Crippen LogP contribution is 2.30. The Hall–Kier alpha value is -1.23. The van der Waals surface area contributed by atoms with Crippen molar-refractivity contribution >= 4 is 39.7 Å². The monoisotopic (exact) mass is 338 g/mol. The molecule has 2 nitrogen and oxygen atoms in total. The average molecular weight is 338 g/mol. The van der Waals surface area contributed by atoms with Crippen molar-refractivity contribution in [3.05, 3.63) is 51.6 Å². The third-order valence-electron chi connectivity index (χ3n) is 2.74. The van der Waals surface area contributed by atoms with E-state index < -0.39 is 0 Å². The Morgan fingerprint density at radius 1 is 1.12 bits per heavy atom. The molecule has 2 rings (SSSR count). The highest BCUT2D eigenvalue weighted by Gasteiger charge is 2.07. The van der Waals surface area contributed by atoms with Gasteiger partial charge in [-0.3, -0.25) is 0 Å². The molecule has 0 aliphatic heterocycles. The fourth-order valence-electron chi connectivity index (χ4n) is 1.81. The lowest BCUT2D eigenvalue weighted by Gasteiger charge is -2.21. The number of halogens is 1. The summed E-state index contributed by atoms with van der Waals surface area (Å²) >= 11 is 2.27. The summed E-state index contributed by atoms with van der Waals surface area (Å²) in [6.07, 6.45) is 0. The Kier molecular flexibility index (Phi) is 3.57. The lowest BCUT2D eigenvalue weighted by Crippen LogP contribution is -2.11. The summed E-state index contributed by atoms with van der Waals surface area (Å²) in [6.45, 7) is 2.09. The van der Waals surface area contributed by atoms with E-state index in [0.717, 1.165) is 20.6 Å². The second kappa shape index (κ2) is 4.96. The normalized spacial score (nSPS) is 10.3. The molecule has 0 aromatic heterocycles. The first-order chi connectivity index (χ1) is 8.08. The van der Waals surface area contributed by atoms with Gasteiger partial charge in [0.1, 0.15) is 0 Å². The highest BCUT2D eigenvalue weighted by molar-refractivity contribution is 14.1. The van der Waals surface area contributed by atoms with Crippen LogP contribution in [0.25, 0.3) is 0 Å². The SMILES string of the molecule is Cc1cccc(N(C)c2ccc(I)cc2N)c1. The van der Waals surface area contributed by atoms with Gasteiger partial charge in [0, 0.05) is 16.3 Å². The zero-order chi connectivity index (χ0) is 12.4. The molecule has 0 fully saturated rings. The first kappa shape index (κ1) is 12.2. The van der Waals surface area contributed by atoms with Gasteiger partial charge in [0.25, 0.3) is 0 Å². The van der Waals surface area contributed by atoms with Gasteiger partial charge in [0.15, 0.2) is 0 Å². The second-order valence-electron chi connectivity index (χ2n) is 4.10. The summed E-state index contributed by atoms with van der Waals surface area (Å²) in [5, 5.41) is 0. The number of aryl methyl sites for hydroxylation is 1. The van der Waals surface area contributed by atoms with Crippen molar-refractivity contribution in [2.24, 2.45) is 0 Å². The van der Waals surface area contributed by atoms with Crippen molar-refractivity contribution in [1.82, 2.24) is 0 Å². The van der Waals surface area contributed by atoms with E-state index in [1.165, 1.54) is 5.56 Å². The molecule has 2 aromatic rings. The largest absolute Gasteiger partial charge is 0.397 e. The molecule has 88 valence electrons. The summed E-state index contributed by atoms with van der Waals surface area (Å²) in [5.41, 5.74) is 10.3. The maximum Gasteiger partial charge on any atom is 0.0642 e. The van der Waals surface area contributed by atoms with Crippen molar-refractivity contribution in [3.8, 4) is 0 Å². The van der Waals surface area contributed by atoms with Gasteiger partial charge in [-0.15, -0.1) is 0 Å². The molecule has 0 amide bonds. The van der Waals surface area contributed by atoms with Crippen molar-refractivity contribution in [1.29, 1.82) is 0 Å². The maximum atomic E-state index is 6.05. The molecule has 0 aliphatic carbocycles. The quantitative estimate of drug-likeness (QED) is 0.664. The number of hydrogen-bond donors (Lipinski definition) is 1. The van der Waals surface area contributed by atoms with Gasteiger partial charge in [-0.25, -0.2) is 0 Å². The fourth-order valence-corrected chi connectivity index (χ4v) is 2.32. The third kappa shape index (κ3) is 2.72. The van der Waals surface area contributed by atoms with Crippen LogP contribution >= 0.6 is 22.6 Å². The Balaban J connectivity index is 2.40. The van der Waals surface area contributed by atoms with Gasteiger partial charge in [-0.1, -0.05) is 12.1 Å². The minimum absolute atomic E-state index is 0.806. The number of hydrogen-bond acceptors (Lipinski definition) is 2. The number of nitrogen functional groups attached to an aromatic ring is 1. The van der Waals surface area contributed by atoms with E-state index in [1.54, 1.807) is 0 Å². The summed E-state index contributed by atoms with van der Waals surface area (Å²) in [5.74, 6) is 0. The molecule has 0 bridgehead atoms. The standard InChI is InChI=1S/C14H15IN2/c1-10-4-3-5-12(8-10)17(2)14-7-6-11(15)9-13(14)16/h3-9H,16H2,1-2H3. The summed E-state index contributed by atoms with van der Waals surface area (Å²) in [6, 6.07) is 14.5. The van der Waals surface area contributed by atoms with Crippen LogP contribution in [0.5, 0.6) is 0 Å². The smallest absolute Gasteiger partial charge is 0.0642 e. The lowest BCUT2D eigenvalue weighted by atomic mass is 10.2. The van der Waals surface area contributed by atoms with E-state index in [4.69, 9.17) is 5.73 Å². The Labute approximate surface area is 116 Å². The number of nitrogens with two attached hydrogens (primary N) is 1. The molecular weight excluding hydrogens is 323 g/mol. The fraction of sp³-hybridized carbons (Fsp3) is 0.143. The number of anilines is 3. The van der Waals surface area contributed by atoms with Crippen LogP contribution < -0.4 is 10.6 Å². The van der Waals surface area contributed by atoms with Crippen LogP contribution in [0.3, 0.4) is 0 Å². The van der Waals surface area contributed by atoms with Crippen molar-refractivity contribution in [2.45, 2.75) is 6.92 Å². The molecule has 0 saturated heterocycles. The topological polar surface area (TPSA) is 29.3 Å². The van der Waals surface area contributed by atoms with Gasteiger partial charge in [0.05, 0.1) is 11.4 Å². The molecule has 0 heterocycles. The molecule has 0 saturated carbocycles. The molecule has 2 aromatic carbocycles. The van der Waals surface area contributed by atoms with Crippen LogP contribution in [0.1, 0.15) is 5.56 Å². The van der Waals surface area contributed by atoms with Crippen molar-refractivity contribution in [2.75, 3.05) is 17.7 Å². The van der Waals surface area contributed by atoms with Crippen molar-refractivity contribution in [3.63, 3.8) is 0 Å². The minimum atomic E-state index is 0.806. The van der Waals surface area contributed by atoms with Crippen LogP contribution in [0.2, 0.25) is 0 Å². The molecule has 0 atom stereocenters. The van der Waals surface area contributed by atoms with Crippen molar-refractivity contribution < 1.29 is 0 Å². The Morgan fingerprint density at radius 2 is 1.88 bits per heavy atom. The van der Waals surface area contributed by atoms with Gasteiger partial charge in [0.2, 0.25) is 0 Å². The van der Waals surface area contributed by atoms with E-state index in [1.807, 2.05) is 13.1 Å². The number of rotatable bonds is 2. The third-order valence-corrected chi connectivity index (χ3v) is 3.41. The van der Waals surface area contributed by atoms with Crippen LogP contribution in [-0.2, 0) is 0 Å². The number of benzene rings is 2. The first-order valence-corrected chi connectivity index (χ1v) is 6.51. The van der Waals surface area contributed by atoms with Gasteiger partial charge in [-0.05, 0) is 65.4 Å². The second-order valence-corrected chi connectivity index (χ2v) is 5.35. The zero-order valence-corrected chi connectivity index (χ0v) is 12.1. The Bertz CT molecular complexity index is 537. The molecule has 2 N–H and O–H groups in total. The van der Waals surface area contributed by atoms with E-state index in [0.29, 0.717) is 0 Å². The lowest BCUT2D eigenvalue weighted by molar-refractivity contribution is 1.20. The maximum absolute atomic E-state index is 6.05. The molecule has 0 unspecified atom stereocenters. The van der Waals surface area contributed by atoms with Crippen LogP contribution in [-0.4, -0.2) is 7.05 Å². The van der Waals surface area contributed by atoms with Gasteiger partial charge < -0.3 is 10.6 Å². The van der Waals surface area contributed by atoms with Gasteiger partial charge in [-0.2, -0.15) is 0 Å². The zero-order valence-electron chi connectivity index (χ0n) is 9.94. The van der Waals surface area contributed by atoms with E-state index >= 15 is 0 Å². The average Bonchev–Trinajstić information content (AvgIpc) is 2.28. The predicted octanol–water partition coefficient (Wildman–Crippen LogP) is 3.95. The molecule has 0 radical (unpaired) electrons. The van der Waals surface area contributed by atoms with Crippen LogP contribution in [0.15, 0.2) is 42.5 Å². The molecule has 0 aliphatic rings. The van der Waals surface area contributed by atoms with Crippen LogP contribution in [0.4, 0.5) is 17.1 Å². The summed E-state index contributed by atoms with van der Waals surface area (Å²) in [4.78, 5) is 2.11. The summed E-state index contributed by atoms with van der Waals surface area (Å²) in [7, 11) is 2.04. The molecular formula is C14H15IN2. The first-order valence-electron chi connectivity index (χ1n) is 5.43.